The van der Waals surface area contributed by atoms with Crippen molar-refractivity contribution < 1.29 is 9.13 Å². The van der Waals surface area contributed by atoms with Crippen molar-refractivity contribution in [3.05, 3.63) is 85.3 Å². The van der Waals surface area contributed by atoms with Crippen LogP contribution in [-0.2, 0) is 13.5 Å². The van der Waals surface area contributed by atoms with E-state index in [-0.39, 0.29) is 24.1 Å². The van der Waals surface area contributed by atoms with Gasteiger partial charge < -0.3 is 10.1 Å². The maximum Gasteiger partial charge on any atom is 0.329 e. The third-order valence-corrected chi connectivity index (χ3v) is 4.51. The first kappa shape index (κ1) is 20.7. The lowest BCUT2D eigenvalue weighted by Gasteiger charge is -2.15. The van der Waals surface area contributed by atoms with Crippen molar-refractivity contribution in [2.75, 3.05) is 5.32 Å². The minimum absolute atomic E-state index is 0.129. The van der Waals surface area contributed by atoms with Gasteiger partial charge in [-0.3, -0.25) is 14.3 Å². The lowest BCUT2D eigenvalue weighted by Crippen LogP contribution is -2.36. The minimum Gasteiger partial charge on any atom is -0.488 e. The quantitative estimate of drug-likeness (QED) is 0.636. The van der Waals surface area contributed by atoms with E-state index in [9.17, 15) is 14.0 Å². The van der Waals surface area contributed by atoms with Gasteiger partial charge in [0.05, 0.1) is 11.7 Å². The summed E-state index contributed by atoms with van der Waals surface area (Å²) < 4.78 is 20.7. The Balaban J connectivity index is 1.98. The summed E-state index contributed by atoms with van der Waals surface area (Å²) in [4.78, 5) is 27.4. The number of hydrogen-bond donors (Lipinski definition) is 2. The van der Waals surface area contributed by atoms with Crippen molar-refractivity contribution in [2.45, 2.75) is 26.4 Å². The molecule has 0 unspecified atom stereocenters. The summed E-state index contributed by atoms with van der Waals surface area (Å²) in [5.74, 6) is -0.205. The molecule has 0 bridgehead atoms. The van der Waals surface area contributed by atoms with Crippen LogP contribution in [0.5, 0.6) is 5.75 Å². The average molecular weight is 418 g/mol. The molecule has 0 radical (unpaired) electrons. The number of benzene rings is 2. The third-order valence-electron chi connectivity index (χ3n) is 4.26. The summed E-state index contributed by atoms with van der Waals surface area (Å²) in [5.41, 5.74) is 0.551. The zero-order chi connectivity index (χ0) is 21.1. The molecule has 0 atom stereocenters. The maximum atomic E-state index is 14.3. The molecule has 1 aromatic heterocycles. The van der Waals surface area contributed by atoms with E-state index in [4.69, 9.17) is 16.3 Å². The Kier molecular flexibility index (Phi) is 6.08. The average Bonchev–Trinajstić information content (AvgIpc) is 2.66. The standard InChI is InChI=1S/C21H21ClFN3O3/c1-12(2)29-18-9-8-15(11-17(18)23)24-19-16(20(27)26(3)21(28)25-19)10-13-4-6-14(22)7-5-13/h4-9,11-12,24H,10H2,1-3H3,(H,25,28). The highest BCUT2D eigenvalue weighted by Crippen LogP contribution is 2.25. The molecule has 3 rings (SSSR count). The van der Waals surface area contributed by atoms with E-state index in [2.05, 4.69) is 10.3 Å². The van der Waals surface area contributed by atoms with Crippen LogP contribution in [0.2, 0.25) is 5.02 Å². The second kappa shape index (κ2) is 8.53. The number of halogens is 2. The highest BCUT2D eigenvalue weighted by Gasteiger charge is 2.14. The van der Waals surface area contributed by atoms with Crippen LogP contribution in [0.1, 0.15) is 25.0 Å². The number of rotatable bonds is 6. The Morgan fingerprint density at radius 3 is 2.48 bits per heavy atom. The molecule has 0 aliphatic carbocycles. The van der Waals surface area contributed by atoms with Gasteiger partial charge in [-0.15, -0.1) is 0 Å². The van der Waals surface area contributed by atoms with Crippen molar-refractivity contribution in [3.63, 3.8) is 0 Å². The van der Waals surface area contributed by atoms with Gasteiger partial charge in [-0.2, -0.15) is 0 Å². The highest BCUT2D eigenvalue weighted by molar-refractivity contribution is 6.30. The molecule has 0 fully saturated rings. The van der Waals surface area contributed by atoms with Gasteiger partial charge in [0.2, 0.25) is 0 Å². The molecule has 6 nitrogen and oxygen atoms in total. The molecule has 152 valence electrons. The number of hydrogen-bond acceptors (Lipinski definition) is 4. The molecule has 0 saturated carbocycles. The molecule has 0 amide bonds. The zero-order valence-electron chi connectivity index (χ0n) is 16.3. The summed E-state index contributed by atoms with van der Waals surface area (Å²) in [7, 11) is 1.40. The van der Waals surface area contributed by atoms with Crippen molar-refractivity contribution >= 4 is 23.1 Å². The Labute approximate surface area is 171 Å². The largest absolute Gasteiger partial charge is 0.488 e. The second-order valence-corrected chi connectivity index (χ2v) is 7.32. The molecule has 3 aromatic rings. The summed E-state index contributed by atoms with van der Waals surface area (Å²) in [6, 6.07) is 11.4. The van der Waals surface area contributed by atoms with Crippen LogP contribution < -0.4 is 21.3 Å². The van der Waals surface area contributed by atoms with Crippen LogP contribution in [-0.4, -0.2) is 15.7 Å². The van der Waals surface area contributed by atoms with Gasteiger partial charge in [0.25, 0.3) is 5.56 Å². The Morgan fingerprint density at radius 1 is 1.17 bits per heavy atom. The lowest BCUT2D eigenvalue weighted by molar-refractivity contribution is 0.231. The predicted molar refractivity (Wildman–Crippen MR) is 112 cm³/mol. The number of anilines is 2. The van der Waals surface area contributed by atoms with E-state index in [1.807, 2.05) is 0 Å². The number of aromatic nitrogens is 2. The van der Waals surface area contributed by atoms with Crippen LogP contribution in [0.15, 0.2) is 52.1 Å². The van der Waals surface area contributed by atoms with Gasteiger partial charge in [0, 0.05) is 30.2 Å². The van der Waals surface area contributed by atoms with Crippen LogP contribution in [0.3, 0.4) is 0 Å². The van der Waals surface area contributed by atoms with Gasteiger partial charge in [-0.25, -0.2) is 9.18 Å². The normalized spacial score (nSPS) is 11.0. The molecule has 2 aromatic carbocycles. The fraction of sp³-hybridized carbons (Fsp3) is 0.238. The van der Waals surface area contributed by atoms with Gasteiger partial charge in [0.15, 0.2) is 11.6 Å². The molecular formula is C21H21ClFN3O3. The third kappa shape index (κ3) is 4.86. The number of aromatic amines is 1. The Hall–Kier alpha value is -3.06. The fourth-order valence-corrected chi connectivity index (χ4v) is 2.94. The van der Waals surface area contributed by atoms with E-state index < -0.39 is 17.1 Å². The van der Waals surface area contributed by atoms with Gasteiger partial charge >= 0.3 is 5.69 Å². The van der Waals surface area contributed by atoms with E-state index >= 15 is 0 Å². The first-order valence-electron chi connectivity index (χ1n) is 9.04. The number of nitrogens with one attached hydrogen (secondary N) is 2. The van der Waals surface area contributed by atoms with E-state index in [0.717, 1.165) is 10.1 Å². The van der Waals surface area contributed by atoms with Crippen LogP contribution >= 0.6 is 11.6 Å². The fourth-order valence-electron chi connectivity index (χ4n) is 2.82. The van der Waals surface area contributed by atoms with Crippen LogP contribution in [0.4, 0.5) is 15.9 Å². The number of H-pyrrole nitrogens is 1. The van der Waals surface area contributed by atoms with Gasteiger partial charge in [-0.05, 0) is 43.7 Å². The summed E-state index contributed by atoms with van der Waals surface area (Å²) in [5, 5.41) is 3.53. The van der Waals surface area contributed by atoms with Crippen molar-refractivity contribution in [1.29, 1.82) is 0 Å². The molecule has 0 aliphatic heterocycles. The van der Waals surface area contributed by atoms with E-state index in [1.54, 1.807) is 44.2 Å². The summed E-state index contributed by atoms with van der Waals surface area (Å²) in [6.45, 7) is 3.61. The lowest BCUT2D eigenvalue weighted by atomic mass is 10.1. The molecule has 29 heavy (non-hydrogen) atoms. The topological polar surface area (TPSA) is 76.1 Å². The first-order valence-corrected chi connectivity index (χ1v) is 9.42. The van der Waals surface area contributed by atoms with Crippen molar-refractivity contribution in [2.24, 2.45) is 7.05 Å². The summed E-state index contributed by atoms with van der Waals surface area (Å²) in [6.07, 6.45) is 0.0998. The maximum absolute atomic E-state index is 14.3. The highest BCUT2D eigenvalue weighted by atomic mass is 35.5. The van der Waals surface area contributed by atoms with E-state index in [0.29, 0.717) is 16.3 Å². The molecule has 0 spiro atoms. The van der Waals surface area contributed by atoms with Crippen LogP contribution in [0.25, 0.3) is 0 Å². The Morgan fingerprint density at radius 2 is 1.86 bits per heavy atom. The minimum atomic E-state index is -0.572. The first-order chi connectivity index (χ1) is 13.7. The van der Waals surface area contributed by atoms with Crippen LogP contribution in [0, 0.1) is 5.82 Å². The smallest absolute Gasteiger partial charge is 0.329 e. The molecule has 2 N–H and O–H groups in total. The molecule has 8 heteroatoms. The zero-order valence-corrected chi connectivity index (χ0v) is 17.0. The number of ether oxygens (including phenoxy) is 1. The predicted octanol–water partition coefficient (Wildman–Crippen LogP) is 3.99. The molecule has 0 saturated heterocycles. The summed E-state index contributed by atoms with van der Waals surface area (Å²) >= 11 is 5.92. The van der Waals surface area contributed by atoms with Crippen molar-refractivity contribution in [3.8, 4) is 5.75 Å². The van der Waals surface area contributed by atoms with Gasteiger partial charge in [-0.1, -0.05) is 23.7 Å². The molecule has 1 heterocycles. The van der Waals surface area contributed by atoms with Crippen molar-refractivity contribution in [1.82, 2.24) is 9.55 Å². The second-order valence-electron chi connectivity index (χ2n) is 6.89. The monoisotopic (exact) mass is 417 g/mol. The molecular weight excluding hydrogens is 397 g/mol. The molecule has 0 aliphatic rings. The SMILES string of the molecule is CC(C)Oc1ccc(Nc2[nH]c(=O)n(C)c(=O)c2Cc2ccc(Cl)cc2)cc1F. The van der Waals surface area contributed by atoms with E-state index in [1.165, 1.54) is 19.2 Å². The number of nitrogens with zero attached hydrogens (tertiary/aromatic N) is 1. The van der Waals surface area contributed by atoms with Gasteiger partial charge in [0.1, 0.15) is 5.82 Å². The Bertz CT molecular complexity index is 1140.